The number of hydrogen-bond donors (Lipinski definition) is 1. The van der Waals surface area contributed by atoms with E-state index in [1.54, 1.807) is 12.1 Å². The number of thiazole rings is 1. The average molecular weight is 392 g/mol. The lowest BCUT2D eigenvalue weighted by atomic mass is 10.1. The SMILES string of the molecule is CCC(CN1CCOCC1)NC(=O)Cc1sc(C)nc1-c1ccc(F)cc1. The number of ether oxygens (including phenoxy) is 1. The van der Waals surface area contributed by atoms with Crippen molar-refractivity contribution in [3.63, 3.8) is 0 Å². The summed E-state index contributed by atoms with van der Waals surface area (Å²) in [6, 6.07) is 6.38. The van der Waals surface area contributed by atoms with Gasteiger partial charge < -0.3 is 10.1 Å². The zero-order valence-electron chi connectivity index (χ0n) is 15.8. The number of halogens is 1. The summed E-state index contributed by atoms with van der Waals surface area (Å²) in [4.78, 5) is 20.4. The van der Waals surface area contributed by atoms with Gasteiger partial charge in [-0.2, -0.15) is 0 Å². The summed E-state index contributed by atoms with van der Waals surface area (Å²) in [6.45, 7) is 8.19. The van der Waals surface area contributed by atoms with Gasteiger partial charge in [0.1, 0.15) is 5.82 Å². The van der Waals surface area contributed by atoms with Crippen LogP contribution < -0.4 is 5.32 Å². The summed E-state index contributed by atoms with van der Waals surface area (Å²) in [7, 11) is 0. The van der Waals surface area contributed by atoms with Gasteiger partial charge in [-0.05, 0) is 37.6 Å². The molecule has 1 aromatic carbocycles. The molecule has 0 spiro atoms. The van der Waals surface area contributed by atoms with Crippen LogP contribution in [0.4, 0.5) is 4.39 Å². The molecule has 5 nitrogen and oxygen atoms in total. The van der Waals surface area contributed by atoms with Crippen molar-refractivity contribution in [3.05, 3.63) is 40.0 Å². The third kappa shape index (κ3) is 5.57. The summed E-state index contributed by atoms with van der Waals surface area (Å²) in [6.07, 6.45) is 1.17. The van der Waals surface area contributed by atoms with E-state index in [4.69, 9.17) is 4.74 Å². The molecular formula is C20H26FN3O2S. The summed E-state index contributed by atoms with van der Waals surface area (Å²) >= 11 is 1.52. The van der Waals surface area contributed by atoms with E-state index in [-0.39, 0.29) is 24.2 Å². The molecule has 146 valence electrons. The minimum atomic E-state index is -0.279. The first kappa shape index (κ1) is 19.9. The van der Waals surface area contributed by atoms with E-state index in [0.29, 0.717) is 0 Å². The quantitative estimate of drug-likeness (QED) is 0.788. The minimum absolute atomic E-state index is 0.00196. The van der Waals surface area contributed by atoms with Crippen LogP contribution in [0.3, 0.4) is 0 Å². The number of carbonyl (C=O) groups is 1. The molecule has 27 heavy (non-hydrogen) atoms. The molecular weight excluding hydrogens is 365 g/mol. The first-order valence-corrected chi connectivity index (χ1v) is 10.2. The molecule has 1 atom stereocenters. The first-order valence-electron chi connectivity index (χ1n) is 9.37. The van der Waals surface area contributed by atoms with Crippen LogP contribution in [0.5, 0.6) is 0 Å². The molecule has 0 bridgehead atoms. The Morgan fingerprint density at radius 1 is 1.33 bits per heavy atom. The second kappa shape index (κ2) is 9.39. The molecule has 1 aliphatic rings. The summed E-state index contributed by atoms with van der Waals surface area (Å²) in [5.74, 6) is -0.277. The number of morpholine rings is 1. The van der Waals surface area contributed by atoms with Crippen molar-refractivity contribution >= 4 is 17.2 Å². The van der Waals surface area contributed by atoms with E-state index in [1.807, 2.05) is 6.92 Å². The standard InChI is InChI=1S/C20H26FN3O2S/c1-3-17(13-24-8-10-26-11-9-24)23-19(25)12-18-20(22-14(2)27-18)15-4-6-16(21)7-5-15/h4-7,17H,3,8-13H2,1-2H3,(H,23,25). The Morgan fingerprint density at radius 2 is 2.04 bits per heavy atom. The van der Waals surface area contributed by atoms with Gasteiger partial charge in [0.2, 0.25) is 5.91 Å². The fourth-order valence-corrected chi connectivity index (χ4v) is 4.18. The smallest absolute Gasteiger partial charge is 0.225 e. The average Bonchev–Trinajstić information content (AvgIpc) is 3.02. The number of aryl methyl sites for hydroxylation is 1. The molecule has 0 radical (unpaired) electrons. The molecule has 0 saturated carbocycles. The van der Waals surface area contributed by atoms with Crippen molar-refractivity contribution in [1.29, 1.82) is 0 Å². The molecule has 0 aliphatic carbocycles. The van der Waals surface area contributed by atoms with Crippen molar-refractivity contribution in [1.82, 2.24) is 15.2 Å². The second-order valence-electron chi connectivity index (χ2n) is 6.77. The van der Waals surface area contributed by atoms with Crippen LogP contribution in [0, 0.1) is 12.7 Å². The maximum Gasteiger partial charge on any atom is 0.225 e. The van der Waals surface area contributed by atoms with Gasteiger partial charge in [-0.25, -0.2) is 9.37 Å². The van der Waals surface area contributed by atoms with Gasteiger partial charge >= 0.3 is 0 Å². The van der Waals surface area contributed by atoms with Gasteiger partial charge in [0.05, 0.1) is 30.3 Å². The summed E-state index contributed by atoms with van der Waals surface area (Å²) < 4.78 is 18.6. The van der Waals surface area contributed by atoms with E-state index < -0.39 is 0 Å². The van der Waals surface area contributed by atoms with Crippen molar-refractivity contribution in [2.45, 2.75) is 32.7 Å². The Morgan fingerprint density at radius 3 is 2.70 bits per heavy atom. The molecule has 1 unspecified atom stereocenters. The van der Waals surface area contributed by atoms with Gasteiger partial charge in [0.25, 0.3) is 0 Å². The summed E-state index contributed by atoms with van der Waals surface area (Å²) in [5, 5.41) is 4.06. The molecule has 1 aromatic heterocycles. The lowest BCUT2D eigenvalue weighted by molar-refractivity contribution is -0.121. The van der Waals surface area contributed by atoms with Crippen LogP contribution in [-0.4, -0.2) is 54.7 Å². The highest BCUT2D eigenvalue weighted by atomic mass is 32.1. The molecule has 2 aromatic rings. The number of rotatable bonds is 7. The molecule has 1 aliphatic heterocycles. The topological polar surface area (TPSA) is 54.5 Å². The van der Waals surface area contributed by atoms with Crippen molar-refractivity contribution in [3.8, 4) is 11.3 Å². The van der Waals surface area contributed by atoms with Gasteiger partial charge in [-0.15, -0.1) is 11.3 Å². The lowest BCUT2D eigenvalue weighted by Gasteiger charge is -2.30. The van der Waals surface area contributed by atoms with Crippen molar-refractivity contribution in [2.24, 2.45) is 0 Å². The highest BCUT2D eigenvalue weighted by molar-refractivity contribution is 7.12. The second-order valence-corrected chi connectivity index (χ2v) is 8.06. The molecule has 1 fully saturated rings. The van der Waals surface area contributed by atoms with Gasteiger partial charge in [-0.1, -0.05) is 6.92 Å². The van der Waals surface area contributed by atoms with Crippen LogP contribution in [0.1, 0.15) is 23.2 Å². The third-order valence-electron chi connectivity index (χ3n) is 4.68. The number of aromatic nitrogens is 1. The van der Waals surface area contributed by atoms with Crippen LogP contribution in [-0.2, 0) is 16.0 Å². The Balaban J connectivity index is 1.64. The van der Waals surface area contributed by atoms with E-state index in [1.165, 1.54) is 23.5 Å². The van der Waals surface area contributed by atoms with Crippen LogP contribution >= 0.6 is 11.3 Å². The number of hydrogen-bond acceptors (Lipinski definition) is 5. The maximum absolute atomic E-state index is 13.2. The zero-order valence-corrected chi connectivity index (χ0v) is 16.7. The van der Waals surface area contributed by atoms with Gasteiger partial charge in [-0.3, -0.25) is 9.69 Å². The molecule has 7 heteroatoms. The Labute approximate surface area is 163 Å². The highest BCUT2D eigenvalue weighted by Gasteiger charge is 2.19. The van der Waals surface area contributed by atoms with Crippen LogP contribution in [0.15, 0.2) is 24.3 Å². The number of benzene rings is 1. The highest BCUT2D eigenvalue weighted by Crippen LogP contribution is 2.28. The fraction of sp³-hybridized carbons (Fsp3) is 0.500. The number of carbonyl (C=O) groups excluding carboxylic acids is 1. The number of nitrogens with zero attached hydrogens (tertiary/aromatic N) is 2. The Kier molecular flexibility index (Phi) is 6.93. The van der Waals surface area contributed by atoms with Gasteiger partial charge in [0.15, 0.2) is 0 Å². The van der Waals surface area contributed by atoms with Crippen LogP contribution in [0.2, 0.25) is 0 Å². The van der Waals surface area contributed by atoms with E-state index in [2.05, 4.69) is 22.1 Å². The third-order valence-corrected chi connectivity index (χ3v) is 5.65. The predicted octanol–water partition coefficient (Wildman–Crippen LogP) is 3.03. The number of nitrogens with one attached hydrogen (secondary N) is 1. The van der Waals surface area contributed by atoms with Crippen molar-refractivity contribution in [2.75, 3.05) is 32.8 Å². The minimum Gasteiger partial charge on any atom is -0.379 e. The molecule has 3 rings (SSSR count). The van der Waals surface area contributed by atoms with E-state index in [9.17, 15) is 9.18 Å². The van der Waals surface area contributed by atoms with Crippen LogP contribution in [0.25, 0.3) is 11.3 Å². The molecule has 1 saturated heterocycles. The largest absolute Gasteiger partial charge is 0.379 e. The molecule has 1 amide bonds. The van der Waals surface area contributed by atoms with E-state index >= 15 is 0 Å². The predicted molar refractivity (Wildman–Crippen MR) is 105 cm³/mol. The Hall–Kier alpha value is -1.83. The zero-order chi connectivity index (χ0) is 19.2. The van der Waals surface area contributed by atoms with E-state index in [0.717, 1.165) is 60.4 Å². The fourth-order valence-electron chi connectivity index (χ4n) is 3.22. The van der Waals surface area contributed by atoms with Crippen molar-refractivity contribution < 1.29 is 13.9 Å². The first-order chi connectivity index (χ1) is 13.0. The Bertz CT molecular complexity index is 757. The number of amides is 1. The lowest BCUT2D eigenvalue weighted by Crippen LogP contribution is -2.47. The maximum atomic E-state index is 13.2. The molecule has 1 N–H and O–H groups in total. The molecule has 2 heterocycles. The normalized spacial score (nSPS) is 16.3. The monoisotopic (exact) mass is 391 g/mol. The van der Waals surface area contributed by atoms with Gasteiger partial charge in [0, 0.05) is 36.1 Å². The summed E-state index contributed by atoms with van der Waals surface area (Å²) in [5.41, 5.74) is 1.61.